The van der Waals surface area contributed by atoms with E-state index in [1.165, 1.54) is 32.3 Å². The fourth-order valence-corrected chi connectivity index (χ4v) is 4.57. The third-order valence-corrected chi connectivity index (χ3v) is 8.14. The minimum Gasteiger partial charge on any atom is -0.325 e. The van der Waals surface area contributed by atoms with Crippen molar-refractivity contribution in [3.05, 3.63) is 57.6 Å². The normalized spacial score (nSPS) is 12.4. The predicted octanol–water partition coefficient (Wildman–Crippen LogP) is 2.95. The van der Waals surface area contributed by atoms with Gasteiger partial charge in [0.1, 0.15) is 0 Å². The smallest absolute Gasteiger partial charge is 0.242 e. The Morgan fingerprint density at radius 3 is 2.19 bits per heavy atom. The Bertz CT molecular complexity index is 1200. The van der Waals surface area contributed by atoms with Gasteiger partial charge in [0.2, 0.25) is 26.0 Å². The van der Waals surface area contributed by atoms with Gasteiger partial charge in [-0.05, 0) is 42.3 Å². The monoisotopic (exact) mass is 507 g/mol. The minimum atomic E-state index is -3.73. The van der Waals surface area contributed by atoms with Gasteiger partial charge in [-0.15, -0.1) is 0 Å². The average Bonchev–Trinajstić information content (AvgIpc) is 2.65. The molecule has 0 heterocycles. The molecule has 8 nitrogen and oxygen atoms in total. The van der Waals surface area contributed by atoms with Crippen LogP contribution in [0.4, 0.5) is 5.69 Å². The molecular formula is C19H23Cl2N3O5S2. The molecule has 0 bridgehead atoms. The average molecular weight is 508 g/mol. The van der Waals surface area contributed by atoms with Crippen molar-refractivity contribution in [3.8, 4) is 0 Å². The van der Waals surface area contributed by atoms with Gasteiger partial charge in [-0.3, -0.25) is 4.79 Å². The summed E-state index contributed by atoms with van der Waals surface area (Å²) >= 11 is 11.9. The molecule has 2 aromatic carbocycles. The van der Waals surface area contributed by atoms with Crippen LogP contribution in [0.2, 0.25) is 10.0 Å². The van der Waals surface area contributed by atoms with E-state index < -0.39 is 32.5 Å². The third kappa shape index (κ3) is 6.64. The van der Waals surface area contributed by atoms with Crippen LogP contribution in [0.25, 0.3) is 0 Å². The number of sulfonamides is 2. The molecule has 0 spiro atoms. The van der Waals surface area contributed by atoms with Crippen molar-refractivity contribution in [1.29, 1.82) is 0 Å². The fourth-order valence-electron chi connectivity index (χ4n) is 2.59. The summed E-state index contributed by atoms with van der Waals surface area (Å²) in [5.74, 6) is -0.618. The summed E-state index contributed by atoms with van der Waals surface area (Å²) in [5, 5.41) is 3.20. The Morgan fingerprint density at radius 2 is 1.65 bits per heavy atom. The first kappa shape index (κ1) is 25.6. The quantitative estimate of drug-likeness (QED) is 0.591. The lowest BCUT2D eigenvalue weighted by atomic mass is 10.2. The van der Waals surface area contributed by atoms with Crippen molar-refractivity contribution in [3.63, 3.8) is 0 Å². The summed E-state index contributed by atoms with van der Waals surface area (Å²) in [6.45, 7) is 1.14. The zero-order valence-electron chi connectivity index (χ0n) is 17.4. The number of halogens is 2. The lowest BCUT2D eigenvalue weighted by molar-refractivity contribution is -0.116. The Morgan fingerprint density at radius 1 is 1.00 bits per heavy atom. The maximum Gasteiger partial charge on any atom is 0.242 e. The van der Waals surface area contributed by atoms with E-state index >= 15 is 0 Å². The molecule has 0 fully saturated rings. The molecule has 0 saturated carbocycles. The van der Waals surface area contributed by atoms with Crippen molar-refractivity contribution in [2.24, 2.45) is 0 Å². The van der Waals surface area contributed by atoms with Crippen LogP contribution < -0.4 is 5.32 Å². The van der Waals surface area contributed by atoms with Crippen molar-refractivity contribution >= 4 is 54.8 Å². The lowest BCUT2D eigenvalue weighted by Gasteiger charge is -2.20. The van der Waals surface area contributed by atoms with E-state index in [1.807, 2.05) is 0 Å². The first-order valence-corrected chi connectivity index (χ1v) is 13.0. The first-order valence-electron chi connectivity index (χ1n) is 8.94. The van der Waals surface area contributed by atoms with Gasteiger partial charge >= 0.3 is 0 Å². The zero-order valence-corrected chi connectivity index (χ0v) is 20.5. The molecule has 0 radical (unpaired) electrons. The van der Waals surface area contributed by atoms with E-state index in [4.69, 9.17) is 23.2 Å². The maximum atomic E-state index is 12.6. The highest BCUT2D eigenvalue weighted by Gasteiger charge is 2.23. The standard InChI is InChI=1S/C19H23Cl2N3O5S2/c1-13-5-7-15(31(28,29)23(2)3)10-18(13)22-19(25)12-24(30(4,26)27)11-14-6-8-16(20)17(21)9-14/h5-10H,11-12H2,1-4H3,(H,22,25). The largest absolute Gasteiger partial charge is 0.325 e. The molecule has 1 N–H and O–H groups in total. The SMILES string of the molecule is Cc1ccc(S(=O)(=O)N(C)C)cc1NC(=O)CN(Cc1ccc(Cl)c(Cl)c1)S(C)(=O)=O. The number of nitrogens with zero attached hydrogens (tertiary/aromatic N) is 2. The van der Waals surface area contributed by atoms with Crippen LogP contribution in [0.3, 0.4) is 0 Å². The number of benzene rings is 2. The number of anilines is 1. The number of carbonyl (C=O) groups excluding carboxylic acids is 1. The molecule has 1 amide bonds. The van der Waals surface area contributed by atoms with Gasteiger partial charge in [0.15, 0.2) is 0 Å². The number of amides is 1. The Kier molecular flexibility index (Phi) is 8.12. The van der Waals surface area contributed by atoms with Crippen LogP contribution in [0.15, 0.2) is 41.3 Å². The van der Waals surface area contributed by atoms with Gasteiger partial charge in [0.25, 0.3) is 0 Å². The molecule has 2 rings (SSSR count). The second-order valence-electron chi connectivity index (χ2n) is 7.09. The molecule has 0 unspecified atom stereocenters. The Balaban J connectivity index is 2.24. The van der Waals surface area contributed by atoms with Gasteiger partial charge in [-0.2, -0.15) is 4.31 Å². The summed E-state index contributed by atoms with van der Waals surface area (Å²) in [6, 6.07) is 9.03. The zero-order chi connectivity index (χ0) is 23.6. The summed E-state index contributed by atoms with van der Waals surface area (Å²) < 4.78 is 51.2. The lowest BCUT2D eigenvalue weighted by Crippen LogP contribution is -2.37. The molecule has 0 saturated heterocycles. The van der Waals surface area contributed by atoms with E-state index in [0.29, 0.717) is 16.1 Å². The number of carbonyl (C=O) groups is 1. The summed E-state index contributed by atoms with van der Waals surface area (Å²) in [4.78, 5) is 12.6. The number of rotatable bonds is 8. The van der Waals surface area contributed by atoms with E-state index in [9.17, 15) is 21.6 Å². The highest BCUT2D eigenvalue weighted by atomic mass is 35.5. The Labute approximate surface area is 192 Å². The van der Waals surface area contributed by atoms with Crippen molar-refractivity contribution < 1.29 is 21.6 Å². The van der Waals surface area contributed by atoms with E-state index in [2.05, 4.69) is 5.32 Å². The van der Waals surface area contributed by atoms with Crippen molar-refractivity contribution in [1.82, 2.24) is 8.61 Å². The van der Waals surface area contributed by atoms with Crippen LogP contribution >= 0.6 is 23.2 Å². The van der Waals surface area contributed by atoms with Crippen molar-refractivity contribution in [2.45, 2.75) is 18.4 Å². The molecule has 170 valence electrons. The van der Waals surface area contributed by atoms with Crippen LogP contribution in [0.1, 0.15) is 11.1 Å². The number of hydrogen-bond donors (Lipinski definition) is 1. The van der Waals surface area contributed by atoms with Crippen LogP contribution in [-0.4, -0.2) is 58.2 Å². The van der Waals surface area contributed by atoms with E-state index in [-0.39, 0.29) is 22.2 Å². The summed E-state index contributed by atoms with van der Waals surface area (Å²) in [7, 11) is -4.62. The predicted molar refractivity (Wildman–Crippen MR) is 122 cm³/mol. The summed E-state index contributed by atoms with van der Waals surface area (Å²) in [6.07, 6.45) is 0.993. The molecule has 0 aliphatic rings. The minimum absolute atomic E-state index is 0.00850. The number of hydrogen-bond acceptors (Lipinski definition) is 5. The third-order valence-electron chi connectivity index (χ3n) is 4.39. The maximum absolute atomic E-state index is 12.6. The molecule has 0 aliphatic heterocycles. The second kappa shape index (κ2) is 9.85. The van der Waals surface area contributed by atoms with Gasteiger partial charge in [0, 0.05) is 26.3 Å². The molecule has 0 aromatic heterocycles. The second-order valence-corrected chi connectivity index (χ2v) is 12.0. The highest BCUT2D eigenvalue weighted by Crippen LogP contribution is 2.24. The molecule has 31 heavy (non-hydrogen) atoms. The van der Waals surface area contributed by atoms with Crippen LogP contribution in [0, 0.1) is 6.92 Å². The molecule has 2 aromatic rings. The molecule has 0 atom stereocenters. The molecule has 0 aliphatic carbocycles. The van der Waals surface area contributed by atoms with Gasteiger partial charge < -0.3 is 5.32 Å². The fraction of sp³-hybridized carbons (Fsp3) is 0.316. The summed E-state index contributed by atoms with van der Waals surface area (Å²) in [5.41, 5.74) is 1.46. The number of aryl methyl sites for hydroxylation is 1. The van der Waals surface area contributed by atoms with Crippen LogP contribution in [0.5, 0.6) is 0 Å². The van der Waals surface area contributed by atoms with Gasteiger partial charge in [0.05, 0.1) is 27.7 Å². The topological polar surface area (TPSA) is 104 Å². The van der Waals surface area contributed by atoms with Gasteiger partial charge in [-0.1, -0.05) is 35.3 Å². The van der Waals surface area contributed by atoms with E-state index in [1.54, 1.807) is 25.1 Å². The first-order chi connectivity index (χ1) is 14.2. The van der Waals surface area contributed by atoms with Gasteiger partial charge in [-0.25, -0.2) is 21.1 Å². The van der Waals surface area contributed by atoms with Crippen LogP contribution in [-0.2, 0) is 31.4 Å². The Hall–Kier alpha value is -1.69. The molecule has 12 heteroatoms. The van der Waals surface area contributed by atoms with E-state index in [0.717, 1.165) is 14.9 Å². The molecular weight excluding hydrogens is 485 g/mol. The van der Waals surface area contributed by atoms with Crippen molar-refractivity contribution in [2.75, 3.05) is 32.2 Å². The highest BCUT2D eigenvalue weighted by molar-refractivity contribution is 7.89. The number of nitrogens with one attached hydrogen (secondary N) is 1.